The number of Topliss-reactive ketones (excluding diaryl/α,β-unsaturated/α-hetero) is 1. The van der Waals surface area contributed by atoms with Crippen molar-refractivity contribution in [3.05, 3.63) is 65.4 Å². The van der Waals surface area contributed by atoms with Gasteiger partial charge in [0, 0.05) is 29.3 Å². The summed E-state index contributed by atoms with van der Waals surface area (Å²) in [7, 11) is 0. The number of hydrogen-bond acceptors (Lipinski definition) is 2. The second kappa shape index (κ2) is 6.20. The third kappa shape index (κ3) is 3.08. The molecule has 0 aliphatic heterocycles. The van der Waals surface area contributed by atoms with Crippen LogP contribution in [0.25, 0.3) is 10.9 Å². The van der Waals surface area contributed by atoms with Gasteiger partial charge in [0.15, 0.2) is 5.78 Å². The molecule has 0 aliphatic carbocycles. The summed E-state index contributed by atoms with van der Waals surface area (Å²) in [6.07, 6.45) is 2.50. The maximum absolute atomic E-state index is 13.7. The number of hydrogen-bond donors (Lipinski definition) is 2. The number of carbonyl (C=O) groups excluding carboxylic acids is 1. The first-order valence-electron chi connectivity index (χ1n) is 7.35. The Kier molecular flexibility index (Phi) is 4.10. The van der Waals surface area contributed by atoms with E-state index in [0.717, 1.165) is 16.5 Å². The monoisotopic (exact) mass is 314 g/mol. The number of ketones is 1. The Labute approximate surface area is 132 Å². The van der Waals surface area contributed by atoms with Crippen molar-refractivity contribution in [1.29, 1.82) is 0 Å². The van der Waals surface area contributed by atoms with Crippen LogP contribution in [0.4, 0.5) is 14.5 Å². The van der Waals surface area contributed by atoms with Crippen molar-refractivity contribution < 1.29 is 13.6 Å². The highest BCUT2D eigenvalue weighted by molar-refractivity contribution is 5.99. The van der Waals surface area contributed by atoms with Crippen molar-refractivity contribution >= 4 is 22.4 Å². The molecule has 0 atom stereocenters. The van der Waals surface area contributed by atoms with E-state index in [0.29, 0.717) is 18.7 Å². The summed E-state index contributed by atoms with van der Waals surface area (Å²) in [5.41, 5.74) is 2.35. The fourth-order valence-corrected chi connectivity index (χ4v) is 2.73. The third-order valence-corrected chi connectivity index (χ3v) is 3.80. The summed E-state index contributed by atoms with van der Waals surface area (Å²) in [6.45, 7) is 1.88. The van der Waals surface area contributed by atoms with Crippen LogP contribution in [0.1, 0.15) is 22.8 Å². The lowest BCUT2D eigenvalue weighted by molar-refractivity contribution is 0.101. The highest BCUT2D eigenvalue weighted by Gasteiger charge is 2.12. The number of fused-ring (bicyclic) bond motifs is 1. The standard InChI is InChI=1S/C18H16F2N2O/c1-11(23)18-15(20)3-2-4-16(18)21-8-7-12-10-22-17-9-13(19)5-6-14(12)17/h2-6,9-10,21-22H,7-8H2,1H3. The number of benzene rings is 2. The SMILES string of the molecule is CC(=O)c1c(F)cccc1NCCc1c[nH]c2cc(F)ccc12. The van der Waals surface area contributed by atoms with E-state index in [2.05, 4.69) is 10.3 Å². The molecule has 2 aromatic carbocycles. The Hall–Kier alpha value is -2.69. The number of aromatic nitrogens is 1. The van der Waals surface area contributed by atoms with Gasteiger partial charge in [-0.1, -0.05) is 6.07 Å². The Balaban J connectivity index is 1.74. The maximum atomic E-state index is 13.7. The third-order valence-electron chi connectivity index (χ3n) is 3.80. The summed E-state index contributed by atoms with van der Waals surface area (Å²) < 4.78 is 26.9. The molecule has 1 heterocycles. The summed E-state index contributed by atoms with van der Waals surface area (Å²) in [5.74, 6) is -1.12. The first-order valence-corrected chi connectivity index (χ1v) is 7.35. The number of carbonyl (C=O) groups is 1. The average Bonchev–Trinajstić information content (AvgIpc) is 2.89. The highest BCUT2D eigenvalue weighted by Crippen LogP contribution is 2.22. The zero-order chi connectivity index (χ0) is 16.4. The minimum absolute atomic E-state index is 0.0773. The number of anilines is 1. The van der Waals surface area contributed by atoms with Gasteiger partial charge in [-0.2, -0.15) is 0 Å². The molecule has 23 heavy (non-hydrogen) atoms. The van der Waals surface area contributed by atoms with Crippen LogP contribution in [0.3, 0.4) is 0 Å². The van der Waals surface area contributed by atoms with Gasteiger partial charge in [0.25, 0.3) is 0 Å². The first kappa shape index (κ1) is 15.2. The van der Waals surface area contributed by atoms with E-state index in [4.69, 9.17) is 0 Å². The smallest absolute Gasteiger partial charge is 0.164 e. The molecule has 3 rings (SSSR count). The number of halogens is 2. The molecule has 0 amide bonds. The quantitative estimate of drug-likeness (QED) is 0.690. The van der Waals surface area contributed by atoms with Crippen molar-refractivity contribution in [2.24, 2.45) is 0 Å². The number of nitrogens with one attached hydrogen (secondary N) is 2. The molecule has 2 N–H and O–H groups in total. The summed E-state index contributed by atoms with van der Waals surface area (Å²) in [4.78, 5) is 14.6. The van der Waals surface area contributed by atoms with Gasteiger partial charge in [0.2, 0.25) is 0 Å². The molecule has 0 saturated heterocycles. The minimum Gasteiger partial charge on any atom is -0.384 e. The van der Waals surface area contributed by atoms with Crippen LogP contribution in [-0.2, 0) is 6.42 Å². The molecule has 0 radical (unpaired) electrons. The van der Waals surface area contributed by atoms with Gasteiger partial charge in [-0.05, 0) is 49.2 Å². The van der Waals surface area contributed by atoms with E-state index < -0.39 is 5.82 Å². The molecular weight excluding hydrogens is 298 g/mol. The summed E-state index contributed by atoms with van der Waals surface area (Å²) >= 11 is 0. The highest BCUT2D eigenvalue weighted by atomic mass is 19.1. The van der Waals surface area contributed by atoms with Gasteiger partial charge in [-0.15, -0.1) is 0 Å². The molecule has 3 aromatic rings. The number of H-pyrrole nitrogens is 1. The lowest BCUT2D eigenvalue weighted by Crippen LogP contribution is -2.10. The molecule has 0 fully saturated rings. The van der Waals surface area contributed by atoms with Crippen molar-refractivity contribution in [3.8, 4) is 0 Å². The molecule has 3 nitrogen and oxygen atoms in total. The zero-order valence-corrected chi connectivity index (χ0v) is 12.6. The molecule has 1 aromatic heterocycles. The average molecular weight is 314 g/mol. The number of aromatic amines is 1. The topological polar surface area (TPSA) is 44.9 Å². The minimum atomic E-state index is -0.523. The van der Waals surface area contributed by atoms with E-state index in [1.165, 1.54) is 25.1 Å². The van der Waals surface area contributed by atoms with Crippen LogP contribution in [0, 0.1) is 11.6 Å². The second-order valence-electron chi connectivity index (χ2n) is 5.40. The summed E-state index contributed by atoms with van der Waals surface area (Å²) in [6, 6.07) is 9.14. The first-order chi connectivity index (χ1) is 11.1. The fourth-order valence-electron chi connectivity index (χ4n) is 2.73. The molecule has 0 saturated carbocycles. The largest absolute Gasteiger partial charge is 0.384 e. The lowest BCUT2D eigenvalue weighted by Gasteiger charge is -2.10. The Bertz CT molecular complexity index is 871. The Morgan fingerprint density at radius 1 is 1.22 bits per heavy atom. The van der Waals surface area contributed by atoms with E-state index in [9.17, 15) is 13.6 Å². The van der Waals surface area contributed by atoms with Gasteiger partial charge in [0.05, 0.1) is 5.56 Å². The predicted octanol–water partition coefficient (Wildman–Crippen LogP) is 4.30. The van der Waals surface area contributed by atoms with Gasteiger partial charge in [-0.25, -0.2) is 8.78 Å². The fraction of sp³-hybridized carbons (Fsp3) is 0.167. The predicted molar refractivity (Wildman–Crippen MR) is 86.9 cm³/mol. The van der Waals surface area contributed by atoms with E-state index >= 15 is 0 Å². The molecule has 118 valence electrons. The van der Waals surface area contributed by atoms with Crippen molar-refractivity contribution in [3.63, 3.8) is 0 Å². The lowest BCUT2D eigenvalue weighted by atomic mass is 10.1. The molecule has 0 aliphatic rings. The molecular formula is C18H16F2N2O. The van der Waals surface area contributed by atoms with Gasteiger partial charge >= 0.3 is 0 Å². The van der Waals surface area contributed by atoms with E-state index in [1.54, 1.807) is 18.2 Å². The Morgan fingerprint density at radius 3 is 2.83 bits per heavy atom. The Morgan fingerprint density at radius 2 is 2.04 bits per heavy atom. The maximum Gasteiger partial charge on any atom is 0.164 e. The van der Waals surface area contributed by atoms with Crippen LogP contribution in [-0.4, -0.2) is 17.3 Å². The normalized spacial score (nSPS) is 10.9. The van der Waals surface area contributed by atoms with Crippen LogP contribution in [0.15, 0.2) is 42.6 Å². The molecule has 0 bridgehead atoms. The second-order valence-corrected chi connectivity index (χ2v) is 5.40. The van der Waals surface area contributed by atoms with Crippen molar-refractivity contribution in [1.82, 2.24) is 4.98 Å². The van der Waals surface area contributed by atoms with Crippen LogP contribution < -0.4 is 5.32 Å². The van der Waals surface area contributed by atoms with Gasteiger partial charge < -0.3 is 10.3 Å². The molecule has 0 spiro atoms. The summed E-state index contributed by atoms with van der Waals surface area (Å²) in [5, 5.41) is 4.06. The van der Waals surface area contributed by atoms with Gasteiger partial charge in [-0.3, -0.25) is 4.79 Å². The van der Waals surface area contributed by atoms with E-state index in [-0.39, 0.29) is 17.2 Å². The van der Waals surface area contributed by atoms with E-state index in [1.807, 2.05) is 6.20 Å². The van der Waals surface area contributed by atoms with Crippen LogP contribution in [0.5, 0.6) is 0 Å². The molecule has 5 heteroatoms. The van der Waals surface area contributed by atoms with Gasteiger partial charge in [0.1, 0.15) is 11.6 Å². The van der Waals surface area contributed by atoms with Crippen LogP contribution >= 0.6 is 0 Å². The number of rotatable bonds is 5. The van der Waals surface area contributed by atoms with Crippen molar-refractivity contribution in [2.75, 3.05) is 11.9 Å². The van der Waals surface area contributed by atoms with Crippen LogP contribution in [0.2, 0.25) is 0 Å². The van der Waals surface area contributed by atoms with Crippen molar-refractivity contribution in [2.45, 2.75) is 13.3 Å². The molecule has 0 unspecified atom stereocenters. The zero-order valence-electron chi connectivity index (χ0n) is 12.6.